The lowest BCUT2D eigenvalue weighted by molar-refractivity contribution is 0.0950. The van der Waals surface area contributed by atoms with Gasteiger partial charge in [0.1, 0.15) is 0 Å². The Labute approximate surface area is 124 Å². The molecule has 1 amide bonds. The first-order chi connectivity index (χ1) is 9.10. The first kappa shape index (κ1) is 14.0. The molecular weight excluding hydrogens is 326 g/mol. The summed E-state index contributed by atoms with van der Waals surface area (Å²) >= 11 is 5.01. The van der Waals surface area contributed by atoms with Crippen molar-refractivity contribution in [2.75, 3.05) is 5.43 Å². The number of nitrogen functional groups attached to an aromatic ring is 1. The number of hydrogen-bond acceptors (Lipinski definition) is 4. The fraction of sp³-hybridized carbons (Fsp3) is 0.154. The molecule has 0 saturated carbocycles. The molecule has 0 aliphatic rings. The third-order valence-electron chi connectivity index (χ3n) is 2.69. The van der Waals surface area contributed by atoms with Gasteiger partial charge in [0.2, 0.25) is 0 Å². The summed E-state index contributed by atoms with van der Waals surface area (Å²) in [6.45, 7) is 2.42. The van der Waals surface area contributed by atoms with Gasteiger partial charge in [-0.2, -0.15) is 0 Å². The van der Waals surface area contributed by atoms with Crippen molar-refractivity contribution >= 4 is 38.9 Å². The molecule has 0 unspecified atom stereocenters. The highest BCUT2D eigenvalue weighted by Gasteiger charge is 2.09. The van der Waals surface area contributed by atoms with Crippen LogP contribution in [-0.2, 0) is 6.54 Å². The number of anilines is 1. The minimum Gasteiger partial charge on any atom is -0.347 e. The summed E-state index contributed by atoms with van der Waals surface area (Å²) in [4.78, 5) is 13.2. The summed E-state index contributed by atoms with van der Waals surface area (Å²) in [6, 6.07) is 9.35. The Kier molecular flexibility index (Phi) is 4.57. The van der Waals surface area contributed by atoms with E-state index in [4.69, 9.17) is 5.84 Å². The first-order valence-electron chi connectivity index (χ1n) is 5.70. The van der Waals surface area contributed by atoms with Crippen molar-refractivity contribution in [1.29, 1.82) is 0 Å². The Hall–Kier alpha value is -1.37. The van der Waals surface area contributed by atoms with Gasteiger partial charge in [-0.05, 0) is 58.7 Å². The average Bonchev–Trinajstić information content (AvgIpc) is 2.81. The topological polar surface area (TPSA) is 67.1 Å². The van der Waals surface area contributed by atoms with Crippen LogP contribution in [0.4, 0.5) is 5.69 Å². The summed E-state index contributed by atoms with van der Waals surface area (Å²) in [5.41, 5.74) is 4.90. The monoisotopic (exact) mass is 339 g/mol. The maximum Gasteiger partial charge on any atom is 0.251 e. The van der Waals surface area contributed by atoms with Crippen LogP contribution in [0.15, 0.2) is 34.1 Å². The number of rotatable bonds is 4. The lowest BCUT2D eigenvalue weighted by Crippen LogP contribution is -2.23. The van der Waals surface area contributed by atoms with Crippen molar-refractivity contribution in [3.8, 4) is 0 Å². The number of thiophene rings is 1. The van der Waals surface area contributed by atoms with Crippen molar-refractivity contribution in [3.63, 3.8) is 0 Å². The van der Waals surface area contributed by atoms with Crippen LogP contribution < -0.4 is 16.6 Å². The Morgan fingerprint density at radius 1 is 1.37 bits per heavy atom. The van der Waals surface area contributed by atoms with E-state index in [9.17, 15) is 4.79 Å². The minimum atomic E-state index is -0.0782. The van der Waals surface area contributed by atoms with Crippen molar-refractivity contribution < 1.29 is 4.79 Å². The molecule has 0 spiro atoms. The largest absolute Gasteiger partial charge is 0.347 e. The number of nitrogens with one attached hydrogen (secondary N) is 2. The molecule has 0 bridgehead atoms. The van der Waals surface area contributed by atoms with Crippen LogP contribution in [-0.4, -0.2) is 5.91 Å². The number of hydrogen-bond donors (Lipinski definition) is 3. The van der Waals surface area contributed by atoms with E-state index >= 15 is 0 Å². The van der Waals surface area contributed by atoms with Crippen molar-refractivity contribution in [1.82, 2.24) is 5.32 Å². The van der Waals surface area contributed by atoms with Gasteiger partial charge in [0.15, 0.2) is 0 Å². The zero-order chi connectivity index (χ0) is 13.8. The molecule has 2 aromatic rings. The molecule has 0 atom stereocenters. The van der Waals surface area contributed by atoms with Crippen LogP contribution in [0, 0.1) is 6.92 Å². The second kappa shape index (κ2) is 6.18. The van der Waals surface area contributed by atoms with Gasteiger partial charge < -0.3 is 10.7 Å². The fourth-order valence-electron chi connectivity index (χ4n) is 1.72. The molecule has 0 fully saturated rings. The lowest BCUT2D eigenvalue weighted by atomic mass is 10.1. The fourth-order valence-corrected chi connectivity index (χ4v) is 3.14. The summed E-state index contributed by atoms with van der Waals surface area (Å²) in [6.07, 6.45) is 0. The molecule has 1 aromatic heterocycles. The molecule has 6 heteroatoms. The van der Waals surface area contributed by atoms with Gasteiger partial charge in [-0.3, -0.25) is 10.6 Å². The Balaban J connectivity index is 2.03. The number of amides is 1. The zero-order valence-electron chi connectivity index (χ0n) is 10.4. The molecule has 0 radical (unpaired) electrons. The van der Waals surface area contributed by atoms with Crippen molar-refractivity contribution in [2.45, 2.75) is 13.5 Å². The molecule has 0 aliphatic heterocycles. The van der Waals surface area contributed by atoms with Crippen LogP contribution in [0.5, 0.6) is 0 Å². The molecule has 100 valence electrons. The molecule has 0 aliphatic carbocycles. The number of hydrazine groups is 1. The van der Waals surface area contributed by atoms with Gasteiger partial charge in [-0.1, -0.05) is 0 Å². The summed E-state index contributed by atoms with van der Waals surface area (Å²) in [7, 11) is 0. The van der Waals surface area contributed by atoms with Gasteiger partial charge in [0.25, 0.3) is 5.91 Å². The van der Waals surface area contributed by atoms with Gasteiger partial charge >= 0.3 is 0 Å². The Morgan fingerprint density at radius 2 is 2.16 bits per heavy atom. The standard InChI is InChI=1S/C13H14BrN3OS/c1-8-6-9(17-15)2-4-11(8)13(18)16-7-10-3-5-12(14)19-10/h2-6,17H,7,15H2,1H3,(H,16,18). The Bertz CT molecular complexity index is 597. The minimum absolute atomic E-state index is 0.0782. The second-order valence-electron chi connectivity index (χ2n) is 4.06. The number of carbonyl (C=O) groups is 1. The van der Waals surface area contributed by atoms with E-state index in [-0.39, 0.29) is 5.91 Å². The highest BCUT2D eigenvalue weighted by molar-refractivity contribution is 9.11. The van der Waals surface area contributed by atoms with Crippen LogP contribution in [0.2, 0.25) is 0 Å². The second-order valence-corrected chi connectivity index (χ2v) is 6.61. The summed E-state index contributed by atoms with van der Waals surface area (Å²) in [5, 5.41) is 2.91. The molecular formula is C13H14BrN3OS. The smallest absolute Gasteiger partial charge is 0.251 e. The normalized spacial score (nSPS) is 10.3. The number of nitrogens with two attached hydrogens (primary N) is 1. The van der Waals surface area contributed by atoms with Crippen molar-refractivity contribution in [2.24, 2.45) is 5.84 Å². The number of aryl methyl sites for hydroxylation is 1. The number of carbonyl (C=O) groups excluding carboxylic acids is 1. The quantitative estimate of drug-likeness (QED) is 0.592. The molecule has 1 aromatic carbocycles. The molecule has 4 N–H and O–H groups in total. The highest BCUT2D eigenvalue weighted by atomic mass is 79.9. The lowest BCUT2D eigenvalue weighted by Gasteiger charge is -2.08. The maximum atomic E-state index is 12.1. The van der Waals surface area contributed by atoms with Gasteiger partial charge in [0, 0.05) is 16.1 Å². The van der Waals surface area contributed by atoms with E-state index in [0.717, 1.165) is 19.9 Å². The Morgan fingerprint density at radius 3 is 2.74 bits per heavy atom. The van der Waals surface area contributed by atoms with Crippen LogP contribution in [0.3, 0.4) is 0 Å². The highest BCUT2D eigenvalue weighted by Crippen LogP contribution is 2.22. The van der Waals surface area contributed by atoms with Crippen LogP contribution in [0.1, 0.15) is 20.8 Å². The molecule has 0 saturated heterocycles. The average molecular weight is 340 g/mol. The van der Waals surface area contributed by atoms with E-state index < -0.39 is 0 Å². The SMILES string of the molecule is Cc1cc(NN)ccc1C(=O)NCc1ccc(Br)s1. The first-order valence-corrected chi connectivity index (χ1v) is 7.31. The maximum absolute atomic E-state index is 12.1. The third kappa shape index (κ3) is 3.56. The van der Waals surface area contributed by atoms with E-state index in [1.165, 1.54) is 0 Å². The van der Waals surface area contributed by atoms with E-state index in [1.807, 2.05) is 25.1 Å². The predicted octanol–water partition coefficient (Wildman–Crippen LogP) is 3.03. The van der Waals surface area contributed by atoms with E-state index in [1.54, 1.807) is 23.5 Å². The molecule has 1 heterocycles. The summed E-state index contributed by atoms with van der Waals surface area (Å²) in [5.74, 6) is 5.25. The molecule has 2 rings (SSSR count). The van der Waals surface area contributed by atoms with Gasteiger partial charge in [-0.25, -0.2) is 0 Å². The van der Waals surface area contributed by atoms with Gasteiger partial charge in [-0.15, -0.1) is 11.3 Å². The van der Waals surface area contributed by atoms with E-state index in [0.29, 0.717) is 12.1 Å². The third-order valence-corrected chi connectivity index (χ3v) is 4.31. The number of halogens is 1. The zero-order valence-corrected chi connectivity index (χ0v) is 12.8. The van der Waals surface area contributed by atoms with Crippen LogP contribution in [0.25, 0.3) is 0 Å². The summed E-state index contributed by atoms with van der Waals surface area (Å²) < 4.78 is 1.06. The molecule has 19 heavy (non-hydrogen) atoms. The number of benzene rings is 1. The van der Waals surface area contributed by atoms with Crippen LogP contribution >= 0.6 is 27.3 Å². The van der Waals surface area contributed by atoms with Gasteiger partial charge in [0.05, 0.1) is 10.3 Å². The van der Waals surface area contributed by atoms with E-state index in [2.05, 4.69) is 26.7 Å². The predicted molar refractivity (Wildman–Crippen MR) is 82.2 cm³/mol. The molecule has 4 nitrogen and oxygen atoms in total. The van der Waals surface area contributed by atoms with Crippen molar-refractivity contribution in [3.05, 3.63) is 50.1 Å².